The number of anilines is 1. The number of aromatic amines is 1. The fourth-order valence-corrected chi connectivity index (χ4v) is 3.98. The zero-order valence-electron chi connectivity index (χ0n) is 16.5. The molecule has 1 aliphatic heterocycles. The molecule has 150 valence electrons. The molecule has 3 aromatic rings. The molecule has 1 saturated heterocycles. The van der Waals surface area contributed by atoms with Crippen molar-refractivity contribution in [3.05, 3.63) is 76.2 Å². The number of carbonyl (C=O) groups is 1. The van der Waals surface area contributed by atoms with Crippen molar-refractivity contribution >= 4 is 23.2 Å². The highest BCUT2D eigenvalue weighted by atomic mass is 35.5. The summed E-state index contributed by atoms with van der Waals surface area (Å²) >= 11 is 6.16. The molecule has 0 radical (unpaired) electrons. The Morgan fingerprint density at radius 3 is 2.38 bits per heavy atom. The number of carbonyl (C=O) groups excluding carboxylic acids is 1. The first-order chi connectivity index (χ1) is 13.9. The van der Waals surface area contributed by atoms with Crippen LogP contribution in [0, 0.1) is 19.7 Å². The molecule has 1 aromatic heterocycles. The minimum atomic E-state index is -0.277. The van der Waals surface area contributed by atoms with Gasteiger partial charge in [0, 0.05) is 48.3 Å². The third-order valence-corrected chi connectivity index (χ3v) is 5.71. The van der Waals surface area contributed by atoms with E-state index < -0.39 is 0 Å². The summed E-state index contributed by atoms with van der Waals surface area (Å²) in [4.78, 5) is 20.5. The molecule has 2 aromatic carbocycles. The SMILES string of the molecule is Cc1ccc(Cl)cc1N1CCN(C(=O)c2cc(-c3ccc(F)cc3)[nH]c2C)CC1. The largest absolute Gasteiger partial charge is 0.368 e. The molecule has 0 aliphatic carbocycles. The van der Waals surface area contributed by atoms with E-state index in [4.69, 9.17) is 11.6 Å². The summed E-state index contributed by atoms with van der Waals surface area (Å²) in [6, 6.07) is 14.0. The van der Waals surface area contributed by atoms with Gasteiger partial charge in [-0.3, -0.25) is 4.79 Å². The Morgan fingerprint density at radius 1 is 1.00 bits per heavy atom. The average Bonchev–Trinajstić information content (AvgIpc) is 3.11. The number of nitrogens with zero attached hydrogens (tertiary/aromatic N) is 2. The topological polar surface area (TPSA) is 39.3 Å². The van der Waals surface area contributed by atoms with Crippen LogP contribution in [0.25, 0.3) is 11.3 Å². The van der Waals surface area contributed by atoms with Crippen LogP contribution in [0.4, 0.5) is 10.1 Å². The summed E-state index contributed by atoms with van der Waals surface area (Å²) in [6.07, 6.45) is 0. The van der Waals surface area contributed by atoms with Crippen molar-refractivity contribution in [1.29, 1.82) is 0 Å². The van der Waals surface area contributed by atoms with Crippen LogP contribution in [0.1, 0.15) is 21.6 Å². The van der Waals surface area contributed by atoms with Crippen molar-refractivity contribution in [3.63, 3.8) is 0 Å². The molecule has 4 rings (SSSR count). The second-order valence-electron chi connectivity index (χ2n) is 7.44. The highest BCUT2D eigenvalue weighted by Gasteiger charge is 2.25. The Hall–Kier alpha value is -2.79. The second-order valence-corrected chi connectivity index (χ2v) is 7.88. The molecule has 0 atom stereocenters. The van der Waals surface area contributed by atoms with Gasteiger partial charge < -0.3 is 14.8 Å². The predicted octanol–water partition coefficient (Wildman–Crippen LogP) is 5.05. The van der Waals surface area contributed by atoms with E-state index in [0.29, 0.717) is 18.7 Å². The standard InChI is InChI=1S/C23H23ClFN3O/c1-15-3-6-18(24)13-22(15)27-9-11-28(12-10-27)23(29)20-14-21(26-16(20)2)17-4-7-19(25)8-5-17/h3-8,13-14,26H,9-12H2,1-2H3. The van der Waals surface area contributed by atoms with Crippen LogP contribution >= 0.6 is 11.6 Å². The molecule has 1 amide bonds. The summed E-state index contributed by atoms with van der Waals surface area (Å²) in [5, 5.41) is 0.723. The van der Waals surface area contributed by atoms with E-state index in [2.05, 4.69) is 16.8 Å². The molecular formula is C23H23ClFN3O. The van der Waals surface area contributed by atoms with Crippen molar-refractivity contribution < 1.29 is 9.18 Å². The summed E-state index contributed by atoms with van der Waals surface area (Å²) in [6.45, 7) is 6.81. The first kappa shape index (κ1) is 19.5. The van der Waals surface area contributed by atoms with Crippen LogP contribution in [0.3, 0.4) is 0 Å². The highest BCUT2D eigenvalue weighted by molar-refractivity contribution is 6.30. The van der Waals surface area contributed by atoms with Gasteiger partial charge in [0.25, 0.3) is 5.91 Å². The third kappa shape index (κ3) is 4.01. The number of H-pyrrole nitrogens is 1. The van der Waals surface area contributed by atoms with Crippen LogP contribution in [-0.2, 0) is 0 Å². The maximum atomic E-state index is 13.2. The lowest BCUT2D eigenvalue weighted by molar-refractivity contribution is 0.0746. The smallest absolute Gasteiger partial charge is 0.255 e. The van der Waals surface area contributed by atoms with E-state index in [1.807, 2.05) is 36.1 Å². The molecule has 29 heavy (non-hydrogen) atoms. The van der Waals surface area contributed by atoms with Gasteiger partial charge in [-0.15, -0.1) is 0 Å². The lowest BCUT2D eigenvalue weighted by Gasteiger charge is -2.37. The lowest BCUT2D eigenvalue weighted by Crippen LogP contribution is -2.49. The van der Waals surface area contributed by atoms with Gasteiger partial charge >= 0.3 is 0 Å². The van der Waals surface area contributed by atoms with Crippen molar-refractivity contribution in [1.82, 2.24) is 9.88 Å². The summed E-state index contributed by atoms with van der Waals surface area (Å²) < 4.78 is 13.2. The number of amides is 1. The molecule has 0 unspecified atom stereocenters. The van der Waals surface area contributed by atoms with Crippen LogP contribution in [-0.4, -0.2) is 42.0 Å². The number of benzene rings is 2. The van der Waals surface area contributed by atoms with Gasteiger partial charge in [-0.1, -0.05) is 17.7 Å². The molecule has 0 saturated carbocycles. The maximum absolute atomic E-state index is 13.2. The van der Waals surface area contributed by atoms with E-state index in [1.54, 1.807) is 12.1 Å². The van der Waals surface area contributed by atoms with E-state index in [0.717, 1.165) is 40.8 Å². The molecule has 1 aliphatic rings. The summed E-state index contributed by atoms with van der Waals surface area (Å²) in [7, 11) is 0. The predicted molar refractivity (Wildman–Crippen MR) is 115 cm³/mol. The zero-order chi connectivity index (χ0) is 20.5. The fourth-order valence-electron chi connectivity index (χ4n) is 3.81. The Morgan fingerprint density at radius 2 is 1.69 bits per heavy atom. The molecule has 4 nitrogen and oxygen atoms in total. The second kappa shape index (κ2) is 7.91. The minimum absolute atomic E-state index is 0.0228. The van der Waals surface area contributed by atoms with Gasteiger partial charge in [-0.25, -0.2) is 4.39 Å². The van der Waals surface area contributed by atoms with Crippen LogP contribution in [0.2, 0.25) is 5.02 Å². The maximum Gasteiger partial charge on any atom is 0.255 e. The number of halogens is 2. The fraction of sp³-hybridized carbons (Fsp3) is 0.261. The van der Waals surface area contributed by atoms with Crippen LogP contribution < -0.4 is 4.90 Å². The molecule has 0 spiro atoms. The summed E-state index contributed by atoms with van der Waals surface area (Å²) in [5.74, 6) is -0.254. The molecule has 1 N–H and O–H groups in total. The number of rotatable bonds is 3. The van der Waals surface area contributed by atoms with Gasteiger partial charge in [0.1, 0.15) is 5.82 Å². The number of aromatic nitrogens is 1. The highest BCUT2D eigenvalue weighted by Crippen LogP contribution is 2.27. The van der Waals surface area contributed by atoms with E-state index in [-0.39, 0.29) is 11.7 Å². The molecule has 1 fully saturated rings. The quantitative estimate of drug-likeness (QED) is 0.654. The first-order valence-corrected chi connectivity index (χ1v) is 10.1. The number of nitrogens with one attached hydrogen (secondary N) is 1. The van der Waals surface area contributed by atoms with E-state index in [9.17, 15) is 9.18 Å². The minimum Gasteiger partial charge on any atom is -0.368 e. The van der Waals surface area contributed by atoms with Gasteiger partial charge in [-0.2, -0.15) is 0 Å². The number of aryl methyl sites for hydroxylation is 2. The molecular weight excluding hydrogens is 389 g/mol. The van der Waals surface area contributed by atoms with Gasteiger partial charge in [0.2, 0.25) is 0 Å². The molecule has 6 heteroatoms. The Balaban J connectivity index is 1.47. The van der Waals surface area contributed by atoms with Gasteiger partial charge in [0.15, 0.2) is 0 Å². The first-order valence-electron chi connectivity index (χ1n) is 9.68. The Labute approximate surface area is 174 Å². The van der Waals surface area contributed by atoms with Crippen molar-refractivity contribution in [2.24, 2.45) is 0 Å². The van der Waals surface area contributed by atoms with Crippen LogP contribution in [0.15, 0.2) is 48.5 Å². The molecule has 2 heterocycles. The van der Waals surface area contributed by atoms with E-state index in [1.165, 1.54) is 17.7 Å². The Kier molecular flexibility index (Phi) is 5.33. The zero-order valence-corrected chi connectivity index (χ0v) is 17.3. The molecule has 0 bridgehead atoms. The van der Waals surface area contributed by atoms with Crippen molar-refractivity contribution in [3.8, 4) is 11.3 Å². The van der Waals surface area contributed by atoms with E-state index >= 15 is 0 Å². The number of piperazine rings is 1. The van der Waals surface area contributed by atoms with Crippen molar-refractivity contribution in [2.45, 2.75) is 13.8 Å². The number of hydrogen-bond donors (Lipinski definition) is 1. The lowest BCUT2D eigenvalue weighted by atomic mass is 10.1. The van der Waals surface area contributed by atoms with Crippen LogP contribution in [0.5, 0.6) is 0 Å². The normalized spacial score (nSPS) is 14.3. The Bertz CT molecular complexity index is 1040. The van der Waals surface area contributed by atoms with Gasteiger partial charge in [0.05, 0.1) is 5.56 Å². The van der Waals surface area contributed by atoms with Crippen molar-refractivity contribution in [2.75, 3.05) is 31.1 Å². The number of hydrogen-bond acceptors (Lipinski definition) is 2. The summed E-state index contributed by atoms with van der Waals surface area (Å²) in [5.41, 5.74) is 5.47. The third-order valence-electron chi connectivity index (χ3n) is 5.48. The monoisotopic (exact) mass is 411 g/mol. The average molecular weight is 412 g/mol. The van der Waals surface area contributed by atoms with Gasteiger partial charge in [-0.05, 0) is 67.4 Å².